The third-order valence-corrected chi connectivity index (χ3v) is 12.3. The summed E-state index contributed by atoms with van der Waals surface area (Å²) < 4.78 is 65.4. The molecule has 2 saturated heterocycles. The smallest absolute Gasteiger partial charge is 0.410 e. The Morgan fingerprint density at radius 1 is 0.896 bits per heavy atom. The van der Waals surface area contributed by atoms with Crippen LogP contribution >= 0.6 is 0 Å². The van der Waals surface area contributed by atoms with Crippen LogP contribution in [-0.2, 0) is 19.8 Å². The average molecular weight is 920 g/mol. The van der Waals surface area contributed by atoms with Gasteiger partial charge in [-0.2, -0.15) is 18.4 Å². The Morgan fingerprint density at radius 2 is 1.55 bits per heavy atom. The minimum Gasteiger partial charge on any atom is -0.453 e. The van der Waals surface area contributed by atoms with Crippen LogP contribution in [0.5, 0.6) is 6.01 Å². The molecule has 1 N–H and O–H groups in total. The summed E-state index contributed by atoms with van der Waals surface area (Å²) in [6.07, 6.45) is 8.57. The van der Waals surface area contributed by atoms with Gasteiger partial charge in [0.15, 0.2) is 12.4 Å². The Balaban J connectivity index is 1.14. The highest BCUT2D eigenvalue weighted by atomic mass is 32.3. The van der Waals surface area contributed by atoms with E-state index in [-0.39, 0.29) is 46.2 Å². The van der Waals surface area contributed by atoms with E-state index >= 15 is 4.39 Å². The molecule has 7 aromatic rings. The number of hydrogen-bond donors (Lipinski definition) is 1. The molecule has 2 aliphatic heterocycles. The first-order valence-corrected chi connectivity index (χ1v) is 22.8. The van der Waals surface area contributed by atoms with Crippen molar-refractivity contribution in [2.75, 3.05) is 29.9 Å². The van der Waals surface area contributed by atoms with Gasteiger partial charge in [0, 0.05) is 52.6 Å². The molecule has 0 saturated carbocycles. The predicted molar refractivity (Wildman–Crippen MR) is 252 cm³/mol. The van der Waals surface area contributed by atoms with Gasteiger partial charge in [-0.3, -0.25) is 14.7 Å². The van der Waals surface area contributed by atoms with E-state index in [1.165, 1.54) is 18.3 Å². The molecule has 2 fully saturated rings. The van der Waals surface area contributed by atoms with Gasteiger partial charge < -0.3 is 19.7 Å². The third kappa shape index (κ3) is 9.36. The van der Waals surface area contributed by atoms with Crippen molar-refractivity contribution in [2.24, 2.45) is 4.99 Å². The molecule has 2 atom stereocenters. The number of fused-ring (bicyclic) bond motifs is 4. The quantitative estimate of drug-likeness (QED) is 0.0797. The Morgan fingerprint density at radius 3 is 2.16 bits per heavy atom. The number of carbonyl (C=O) groups is 2. The number of rotatable bonds is 10. The zero-order chi connectivity index (χ0) is 47.0. The van der Waals surface area contributed by atoms with Crippen molar-refractivity contribution in [2.45, 2.75) is 56.2 Å². The lowest BCUT2D eigenvalue weighted by Crippen LogP contribution is -2.57. The standard InChI is InChI=1S/C51H43F2N7O6S/c1-5-31-17-12-18-34-25-36(56-45(32-13-8-6-9-14-32)33-15-10-7-11-16-33)26-40(43(31)34)46-44(52)47-41(27-54-46)48(59-28-37-21-22-38(29-59)60(37)50(62)66-51(2,3)4)58-49(57-47)65-30-42(61)55-35-19-23-39(24-20-35)67(53,63)64/h1,6-20,23-27,37-38H,21-22,28-30H2,2-4H3,(H,55,61)/t37-,38+. The summed E-state index contributed by atoms with van der Waals surface area (Å²) >= 11 is 0. The largest absolute Gasteiger partial charge is 0.453 e. The van der Waals surface area contributed by atoms with Crippen LogP contribution in [0.3, 0.4) is 0 Å². The molecule has 9 rings (SSSR count). The summed E-state index contributed by atoms with van der Waals surface area (Å²) in [5.41, 5.74) is 3.08. The molecule has 2 bridgehead atoms. The van der Waals surface area contributed by atoms with Crippen molar-refractivity contribution in [1.29, 1.82) is 0 Å². The number of benzene rings is 5. The van der Waals surface area contributed by atoms with Gasteiger partial charge in [-0.05, 0) is 81.5 Å². The number of aliphatic imine (C=N–C) groups is 1. The Kier molecular flexibility index (Phi) is 11.9. The summed E-state index contributed by atoms with van der Waals surface area (Å²) in [6, 6.07) is 32.3. The van der Waals surface area contributed by atoms with E-state index in [1.54, 1.807) is 17.0 Å². The van der Waals surface area contributed by atoms with Gasteiger partial charge in [-0.25, -0.2) is 14.2 Å². The van der Waals surface area contributed by atoms with Crippen LogP contribution in [0, 0.1) is 18.2 Å². The van der Waals surface area contributed by atoms with E-state index < -0.39 is 45.1 Å². The Bertz CT molecular complexity index is 3200. The number of piperazine rings is 1. The molecule has 2 aromatic heterocycles. The molecule has 2 amide bonds. The van der Waals surface area contributed by atoms with Crippen LogP contribution in [0.4, 0.5) is 30.3 Å². The van der Waals surface area contributed by atoms with Gasteiger partial charge in [-0.15, -0.1) is 10.3 Å². The highest BCUT2D eigenvalue weighted by Gasteiger charge is 2.45. The highest BCUT2D eigenvalue weighted by Crippen LogP contribution is 2.41. The summed E-state index contributed by atoms with van der Waals surface area (Å²) in [5.74, 6) is 1.53. The number of pyridine rings is 1. The maximum absolute atomic E-state index is 17.7. The molecule has 338 valence electrons. The first kappa shape index (κ1) is 44.4. The number of ether oxygens (including phenoxy) is 2. The number of terminal acetylenes is 1. The van der Waals surface area contributed by atoms with E-state index in [1.807, 2.05) is 105 Å². The Labute approximate surface area is 385 Å². The highest BCUT2D eigenvalue weighted by molar-refractivity contribution is 7.86. The van der Waals surface area contributed by atoms with Gasteiger partial charge in [0.05, 0.1) is 33.8 Å². The fraction of sp³-hybridized carbons (Fsp3) is 0.216. The van der Waals surface area contributed by atoms with E-state index in [4.69, 9.17) is 30.9 Å². The minimum atomic E-state index is -4.94. The van der Waals surface area contributed by atoms with Crippen molar-refractivity contribution in [3.05, 3.63) is 144 Å². The van der Waals surface area contributed by atoms with Crippen LogP contribution in [0.2, 0.25) is 0 Å². The molecule has 0 aliphatic carbocycles. The SMILES string of the molecule is C#Cc1cccc2cc(N=C(c3ccccc3)c3ccccc3)cc(-c3ncc4c(N5C[C@H]6CC[C@@H](C5)N6C(=O)OC(C)(C)C)nc(OCC(=O)Nc5ccc(S(=O)(=O)F)cc5)nc4c3F)c12. The Hall–Kier alpha value is -7.77. The van der Waals surface area contributed by atoms with Crippen molar-refractivity contribution in [3.8, 4) is 29.6 Å². The lowest BCUT2D eigenvalue weighted by Gasteiger charge is -2.42. The number of carbonyl (C=O) groups excluding carboxylic acids is 2. The number of nitrogens with zero attached hydrogens (tertiary/aromatic N) is 6. The summed E-state index contributed by atoms with van der Waals surface area (Å²) in [5, 5.41) is 4.09. The van der Waals surface area contributed by atoms with Gasteiger partial charge in [0.2, 0.25) is 0 Å². The van der Waals surface area contributed by atoms with Crippen LogP contribution in [0.15, 0.2) is 131 Å². The van der Waals surface area contributed by atoms with Crippen molar-refractivity contribution in [3.63, 3.8) is 0 Å². The first-order valence-electron chi connectivity index (χ1n) is 21.5. The number of nitrogens with one attached hydrogen (secondary N) is 1. The van der Waals surface area contributed by atoms with Crippen LogP contribution in [0.25, 0.3) is 32.9 Å². The fourth-order valence-corrected chi connectivity index (χ4v) is 9.09. The lowest BCUT2D eigenvalue weighted by atomic mass is 9.95. The zero-order valence-electron chi connectivity index (χ0n) is 36.6. The second-order valence-corrected chi connectivity index (χ2v) is 18.6. The van der Waals surface area contributed by atoms with Crippen LogP contribution < -0.4 is 15.0 Å². The maximum atomic E-state index is 17.7. The van der Waals surface area contributed by atoms with E-state index in [2.05, 4.69) is 16.2 Å². The summed E-state index contributed by atoms with van der Waals surface area (Å²) in [7, 11) is -4.94. The number of aromatic nitrogens is 3. The molecule has 16 heteroatoms. The van der Waals surface area contributed by atoms with Crippen molar-refractivity contribution >= 4 is 66.8 Å². The maximum Gasteiger partial charge on any atom is 0.410 e. The van der Waals surface area contributed by atoms with Crippen molar-refractivity contribution in [1.82, 2.24) is 19.9 Å². The molecule has 0 spiro atoms. The number of amides is 2. The molecule has 67 heavy (non-hydrogen) atoms. The average Bonchev–Trinajstić information content (AvgIpc) is 3.58. The molecule has 0 radical (unpaired) electrons. The van der Waals surface area contributed by atoms with Gasteiger partial charge in [-0.1, -0.05) is 78.7 Å². The molecule has 5 aromatic carbocycles. The fourth-order valence-electron chi connectivity index (χ4n) is 8.63. The van der Waals surface area contributed by atoms with E-state index in [0.717, 1.165) is 23.3 Å². The topological polar surface area (TPSA) is 156 Å². The minimum absolute atomic E-state index is 0.0693. The summed E-state index contributed by atoms with van der Waals surface area (Å²) in [4.78, 5) is 48.8. The van der Waals surface area contributed by atoms with Crippen LogP contribution in [0.1, 0.15) is 50.3 Å². The molecule has 2 aliphatic rings. The van der Waals surface area contributed by atoms with Gasteiger partial charge in [0.25, 0.3) is 5.91 Å². The molecule has 13 nitrogen and oxygen atoms in total. The number of anilines is 2. The van der Waals surface area contributed by atoms with E-state index in [0.29, 0.717) is 59.2 Å². The van der Waals surface area contributed by atoms with Gasteiger partial charge >= 0.3 is 22.3 Å². The third-order valence-electron chi connectivity index (χ3n) is 11.5. The second kappa shape index (κ2) is 17.9. The molecule has 4 heterocycles. The monoisotopic (exact) mass is 919 g/mol. The molecular formula is C51H43F2N7O6S. The summed E-state index contributed by atoms with van der Waals surface area (Å²) in [6.45, 7) is 5.47. The number of hydrogen-bond acceptors (Lipinski definition) is 11. The second-order valence-electron chi connectivity index (χ2n) is 17.2. The van der Waals surface area contributed by atoms with Crippen molar-refractivity contribution < 1.29 is 35.8 Å². The van der Waals surface area contributed by atoms with Crippen LogP contribution in [-0.4, -0.2) is 83.4 Å². The number of halogens is 2. The first-order chi connectivity index (χ1) is 32.1. The normalized spacial score (nSPS) is 15.8. The predicted octanol–water partition coefficient (Wildman–Crippen LogP) is 9.40. The van der Waals surface area contributed by atoms with E-state index in [9.17, 15) is 21.9 Å². The zero-order valence-corrected chi connectivity index (χ0v) is 37.4. The molecule has 0 unspecified atom stereocenters. The lowest BCUT2D eigenvalue weighted by molar-refractivity contribution is -0.118. The van der Waals surface area contributed by atoms with Gasteiger partial charge in [0.1, 0.15) is 22.6 Å². The molecular weight excluding hydrogens is 877 g/mol.